The molecule has 2 rings (SSSR count). The van der Waals surface area contributed by atoms with Crippen LogP contribution < -0.4 is 4.74 Å². The van der Waals surface area contributed by atoms with Crippen LogP contribution in [-0.4, -0.2) is 24.1 Å². The van der Waals surface area contributed by atoms with Crippen molar-refractivity contribution >= 4 is 5.78 Å². The highest BCUT2D eigenvalue weighted by atomic mass is 16.5. The summed E-state index contributed by atoms with van der Waals surface area (Å²) in [6, 6.07) is 7.97. The van der Waals surface area contributed by atoms with E-state index in [9.17, 15) is 4.79 Å². The monoisotopic (exact) mass is 234 g/mol. The first-order valence-electron chi connectivity index (χ1n) is 6.05. The first kappa shape index (κ1) is 12.1. The molecule has 0 amide bonds. The van der Waals surface area contributed by atoms with Crippen molar-refractivity contribution in [3.63, 3.8) is 0 Å². The highest BCUT2D eigenvalue weighted by Gasteiger charge is 2.27. The molecule has 1 aromatic carbocycles. The Morgan fingerprint density at radius 3 is 3.00 bits per heavy atom. The first-order chi connectivity index (χ1) is 8.22. The Balaban J connectivity index is 2.07. The Hall–Kier alpha value is -1.35. The number of aliphatic hydroxyl groups excluding tert-OH is 1. The van der Waals surface area contributed by atoms with Crippen molar-refractivity contribution in [3.05, 3.63) is 29.8 Å². The zero-order valence-corrected chi connectivity index (χ0v) is 10.1. The fourth-order valence-corrected chi connectivity index (χ4v) is 2.41. The molecule has 17 heavy (non-hydrogen) atoms. The third-order valence-electron chi connectivity index (χ3n) is 3.42. The molecule has 0 radical (unpaired) electrons. The Labute approximate surface area is 101 Å². The van der Waals surface area contributed by atoms with E-state index in [1.807, 2.05) is 18.2 Å². The van der Waals surface area contributed by atoms with Gasteiger partial charge in [-0.1, -0.05) is 18.2 Å². The number of carbonyl (C=O) groups is 1. The fourth-order valence-electron chi connectivity index (χ4n) is 2.41. The van der Waals surface area contributed by atoms with Gasteiger partial charge in [-0.25, -0.2) is 0 Å². The molecule has 92 valence electrons. The van der Waals surface area contributed by atoms with Gasteiger partial charge in [0.1, 0.15) is 11.5 Å². The summed E-state index contributed by atoms with van der Waals surface area (Å²) >= 11 is 0. The second-order valence-corrected chi connectivity index (χ2v) is 4.60. The van der Waals surface area contributed by atoms with Crippen molar-refractivity contribution in [2.75, 3.05) is 13.2 Å². The number of hydrogen-bond donors (Lipinski definition) is 1. The standard InChI is InChI=1S/C14H18O3/c1-10(16)11(6-7-15)8-12-9-17-14-5-3-2-4-13(12)14/h2-5,11-12,15H,6-9H2,1H3. The van der Waals surface area contributed by atoms with Gasteiger partial charge in [-0.2, -0.15) is 0 Å². The van der Waals surface area contributed by atoms with E-state index in [1.54, 1.807) is 6.92 Å². The van der Waals surface area contributed by atoms with E-state index >= 15 is 0 Å². The Kier molecular flexibility index (Phi) is 3.79. The zero-order valence-electron chi connectivity index (χ0n) is 10.1. The number of ketones is 1. The van der Waals surface area contributed by atoms with Crippen LogP contribution in [0.4, 0.5) is 0 Å². The largest absolute Gasteiger partial charge is 0.493 e. The molecule has 3 nitrogen and oxygen atoms in total. The van der Waals surface area contributed by atoms with Crippen molar-refractivity contribution in [2.24, 2.45) is 5.92 Å². The summed E-state index contributed by atoms with van der Waals surface area (Å²) in [5, 5.41) is 8.97. The van der Waals surface area contributed by atoms with Crippen molar-refractivity contribution in [1.29, 1.82) is 0 Å². The first-order valence-corrected chi connectivity index (χ1v) is 6.05. The third-order valence-corrected chi connectivity index (χ3v) is 3.42. The summed E-state index contributed by atoms with van der Waals surface area (Å²) in [6.45, 7) is 2.32. The van der Waals surface area contributed by atoms with Crippen LogP contribution in [0.25, 0.3) is 0 Å². The predicted molar refractivity (Wildman–Crippen MR) is 65.2 cm³/mol. The number of carbonyl (C=O) groups excluding carboxylic acids is 1. The van der Waals surface area contributed by atoms with Crippen LogP contribution in [0, 0.1) is 5.92 Å². The number of para-hydroxylation sites is 1. The van der Waals surface area contributed by atoms with Gasteiger partial charge < -0.3 is 9.84 Å². The van der Waals surface area contributed by atoms with Gasteiger partial charge in [0.2, 0.25) is 0 Å². The number of benzene rings is 1. The van der Waals surface area contributed by atoms with Gasteiger partial charge in [0.15, 0.2) is 0 Å². The molecular formula is C14H18O3. The van der Waals surface area contributed by atoms with E-state index in [2.05, 4.69) is 6.07 Å². The maximum atomic E-state index is 11.5. The van der Waals surface area contributed by atoms with E-state index in [-0.39, 0.29) is 24.2 Å². The summed E-state index contributed by atoms with van der Waals surface area (Å²) in [7, 11) is 0. The van der Waals surface area contributed by atoms with Gasteiger partial charge in [0.05, 0.1) is 6.61 Å². The van der Waals surface area contributed by atoms with E-state index in [1.165, 1.54) is 5.56 Å². The average Bonchev–Trinajstić information content (AvgIpc) is 2.72. The molecule has 0 saturated carbocycles. The molecule has 2 unspecified atom stereocenters. The van der Waals surface area contributed by atoms with Gasteiger partial charge in [-0.15, -0.1) is 0 Å². The molecule has 0 spiro atoms. The van der Waals surface area contributed by atoms with Gasteiger partial charge in [-0.05, 0) is 25.8 Å². The highest BCUT2D eigenvalue weighted by molar-refractivity contribution is 5.78. The third kappa shape index (κ3) is 2.67. The maximum Gasteiger partial charge on any atom is 0.133 e. The predicted octanol–water partition coefficient (Wildman–Crippen LogP) is 2.14. The molecule has 2 atom stereocenters. The molecule has 3 heteroatoms. The minimum absolute atomic E-state index is 0.0558. The van der Waals surface area contributed by atoms with Gasteiger partial charge in [-0.3, -0.25) is 4.79 Å². The van der Waals surface area contributed by atoms with Crippen LogP contribution in [-0.2, 0) is 4.79 Å². The van der Waals surface area contributed by atoms with Crippen LogP contribution >= 0.6 is 0 Å². The molecule has 1 aromatic rings. The minimum atomic E-state index is -0.0558. The maximum absolute atomic E-state index is 11.5. The molecule has 1 aliphatic heterocycles. The van der Waals surface area contributed by atoms with Gasteiger partial charge >= 0.3 is 0 Å². The van der Waals surface area contributed by atoms with Gasteiger partial charge in [0.25, 0.3) is 0 Å². The smallest absolute Gasteiger partial charge is 0.133 e. The molecule has 1 N–H and O–H groups in total. The van der Waals surface area contributed by atoms with Crippen molar-refractivity contribution in [3.8, 4) is 5.75 Å². The highest BCUT2D eigenvalue weighted by Crippen LogP contribution is 2.37. The second-order valence-electron chi connectivity index (χ2n) is 4.60. The van der Waals surface area contributed by atoms with E-state index < -0.39 is 0 Å². The summed E-state index contributed by atoms with van der Waals surface area (Å²) < 4.78 is 5.60. The molecular weight excluding hydrogens is 216 g/mol. The van der Waals surface area contributed by atoms with Crippen LogP contribution in [0.3, 0.4) is 0 Å². The molecule has 0 aromatic heterocycles. The lowest BCUT2D eigenvalue weighted by Gasteiger charge is -2.16. The summed E-state index contributed by atoms with van der Waals surface area (Å²) in [5.74, 6) is 1.32. The summed E-state index contributed by atoms with van der Waals surface area (Å²) in [5.41, 5.74) is 1.19. The average molecular weight is 234 g/mol. The SMILES string of the molecule is CC(=O)C(CCO)CC1COc2ccccc21. The number of aliphatic hydroxyl groups is 1. The van der Waals surface area contributed by atoms with Gasteiger partial charge in [0, 0.05) is 24.0 Å². The Morgan fingerprint density at radius 1 is 1.53 bits per heavy atom. The van der Waals surface area contributed by atoms with Crippen molar-refractivity contribution in [1.82, 2.24) is 0 Å². The zero-order chi connectivity index (χ0) is 12.3. The molecule has 0 bridgehead atoms. The molecule has 0 aliphatic carbocycles. The Morgan fingerprint density at radius 2 is 2.29 bits per heavy atom. The van der Waals surface area contributed by atoms with E-state index in [0.717, 1.165) is 12.2 Å². The second kappa shape index (κ2) is 5.32. The van der Waals surface area contributed by atoms with E-state index in [0.29, 0.717) is 13.0 Å². The molecule has 0 fully saturated rings. The minimum Gasteiger partial charge on any atom is -0.493 e. The topological polar surface area (TPSA) is 46.5 Å². The van der Waals surface area contributed by atoms with Crippen LogP contribution in [0.1, 0.15) is 31.2 Å². The molecule has 1 heterocycles. The Bertz CT molecular complexity index is 400. The van der Waals surface area contributed by atoms with Crippen LogP contribution in [0.2, 0.25) is 0 Å². The quantitative estimate of drug-likeness (QED) is 0.849. The lowest BCUT2D eigenvalue weighted by atomic mass is 9.86. The van der Waals surface area contributed by atoms with E-state index in [4.69, 9.17) is 9.84 Å². The van der Waals surface area contributed by atoms with Crippen LogP contribution in [0.15, 0.2) is 24.3 Å². The number of rotatable bonds is 5. The summed E-state index contributed by atoms with van der Waals surface area (Å²) in [6.07, 6.45) is 1.32. The number of Topliss-reactive ketones (excluding diaryl/α,β-unsaturated/α-hetero) is 1. The lowest BCUT2D eigenvalue weighted by molar-refractivity contribution is -0.121. The normalized spacial score (nSPS) is 19.5. The number of hydrogen-bond acceptors (Lipinski definition) is 3. The molecule has 0 saturated heterocycles. The lowest BCUT2D eigenvalue weighted by Crippen LogP contribution is -2.17. The number of fused-ring (bicyclic) bond motifs is 1. The number of ether oxygens (including phenoxy) is 1. The molecule has 1 aliphatic rings. The van der Waals surface area contributed by atoms with Crippen molar-refractivity contribution < 1.29 is 14.6 Å². The van der Waals surface area contributed by atoms with Crippen LogP contribution in [0.5, 0.6) is 5.75 Å². The fraction of sp³-hybridized carbons (Fsp3) is 0.500. The summed E-state index contributed by atoms with van der Waals surface area (Å²) in [4.78, 5) is 11.5. The van der Waals surface area contributed by atoms with Crippen molar-refractivity contribution in [2.45, 2.75) is 25.7 Å².